The number of hydrogen-bond donors (Lipinski definition) is 1. The largest absolute Gasteiger partial charge is 0.325 e. The summed E-state index contributed by atoms with van der Waals surface area (Å²) in [5, 5.41) is 14.6. The second-order valence-corrected chi connectivity index (χ2v) is 8.96. The van der Waals surface area contributed by atoms with E-state index in [4.69, 9.17) is 0 Å². The van der Waals surface area contributed by atoms with E-state index < -0.39 is 0 Å². The molecule has 0 radical (unpaired) electrons. The normalized spacial score (nSPS) is 11.2. The molecular formula is C21H26N4OS2. The van der Waals surface area contributed by atoms with Gasteiger partial charge in [-0.25, -0.2) is 0 Å². The van der Waals surface area contributed by atoms with Crippen molar-refractivity contribution < 1.29 is 4.79 Å². The van der Waals surface area contributed by atoms with Gasteiger partial charge >= 0.3 is 0 Å². The van der Waals surface area contributed by atoms with Crippen LogP contribution >= 0.6 is 23.1 Å². The molecule has 0 unspecified atom stereocenters. The number of carbonyl (C=O) groups excluding carboxylic acids is 1. The van der Waals surface area contributed by atoms with Crippen molar-refractivity contribution in [3.63, 3.8) is 0 Å². The molecule has 1 amide bonds. The first-order chi connectivity index (χ1) is 13.5. The number of thiophene rings is 1. The van der Waals surface area contributed by atoms with Gasteiger partial charge in [-0.2, -0.15) is 0 Å². The van der Waals surface area contributed by atoms with Gasteiger partial charge in [0.25, 0.3) is 0 Å². The summed E-state index contributed by atoms with van der Waals surface area (Å²) in [5.74, 6) is 1.12. The van der Waals surface area contributed by atoms with E-state index in [1.54, 1.807) is 11.3 Å². The fourth-order valence-corrected chi connectivity index (χ4v) is 4.71. The van der Waals surface area contributed by atoms with Crippen LogP contribution < -0.4 is 5.32 Å². The summed E-state index contributed by atoms with van der Waals surface area (Å²) >= 11 is 3.19. The predicted octanol–water partition coefficient (Wildman–Crippen LogP) is 5.58. The Morgan fingerprint density at radius 3 is 2.68 bits per heavy atom. The van der Waals surface area contributed by atoms with E-state index in [1.165, 1.54) is 22.2 Å². The topological polar surface area (TPSA) is 59.8 Å². The van der Waals surface area contributed by atoms with E-state index in [0.717, 1.165) is 35.1 Å². The molecule has 0 saturated carbocycles. The SMILES string of the molecule is CCCc1cc(-c2nnc(SCC(=O)Nc3ccc(C)cc3)n2C(C)C)cs1. The van der Waals surface area contributed by atoms with E-state index in [9.17, 15) is 4.79 Å². The van der Waals surface area contributed by atoms with Crippen molar-refractivity contribution in [2.45, 2.75) is 51.7 Å². The van der Waals surface area contributed by atoms with Crippen LogP contribution in [-0.4, -0.2) is 26.4 Å². The monoisotopic (exact) mass is 414 g/mol. The Morgan fingerprint density at radius 2 is 2.00 bits per heavy atom. The molecule has 0 aliphatic heterocycles. The van der Waals surface area contributed by atoms with Gasteiger partial charge in [0.2, 0.25) is 5.91 Å². The molecule has 0 atom stereocenters. The highest BCUT2D eigenvalue weighted by Crippen LogP contribution is 2.31. The summed E-state index contributed by atoms with van der Waals surface area (Å²) in [6, 6.07) is 10.2. The van der Waals surface area contributed by atoms with Gasteiger partial charge in [-0.3, -0.25) is 9.36 Å². The number of nitrogens with one attached hydrogen (secondary N) is 1. The van der Waals surface area contributed by atoms with Crippen LogP contribution in [0.15, 0.2) is 40.9 Å². The zero-order valence-electron chi connectivity index (χ0n) is 16.7. The number of hydrogen-bond acceptors (Lipinski definition) is 5. The molecule has 0 saturated heterocycles. The van der Waals surface area contributed by atoms with E-state index in [1.807, 2.05) is 31.2 Å². The second kappa shape index (κ2) is 9.39. The maximum absolute atomic E-state index is 12.3. The highest BCUT2D eigenvalue weighted by Gasteiger charge is 2.18. The first-order valence-corrected chi connectivity index (χ1v) is 11.4. The van der Waals surface area contributed by atoms with E-state index >= 15 is 0 Å². The zero-order valence-corrected chi connectivity index (χ0v) is 18.4. The molecule has 5 nitrogen and oxygen atoms in total. The first-order valence-electron chi connectivity index (χ1n) is 9.50. The van der Waals surface area contributed by atoms with Crippen molar-refractivity contribution in [1.82, 2.24) is 14.8 Å². The number of benzene rings is 1. The average Bonchev–Trinajstić information content (AvgIpc) is 3.29. The molecule has 1 aromatic carbocycles. The van der Waals surface area contributed by atoms with Crippen molar-refractivity contribution in [1.29, 1.82) is 0 Å². The Kier molecular flexibility index (Phi) is 6.91. The van der Waals surface area contributed by atoms with Crippen LogP contribution in [-0.2, 0) is 11.2 Å². The Bertz CT molecular complexity index is 928. The highest BCUT2D eigenvalue weighted by atomic mass is 32.2. The van der Waals surface area contributed by atoms with Gasteiger partial charge < -0.3 is 5.32 Å². The molecular weight excluding hydrogens is 388 g/mol. The van der Waals surface area contributed by atoms with Gasteiger partial charge in [0.05, 0.1) is 5.75 Å². The van der Waals surface area contributed by atoms with E-state index in [0.29, 0.717) is 5.75 Å². The fraction of sp³-hybridized carbons (Fsp3) is 0.381. The number of aryl methyl sites for hydroxylation is 2. The van der Waals surface area contributed by atoms with Gasteiger partial charge in [0.1, 0.15) is 0 Å². The summed E-state index contributed by atoms with van der Waals surface area (Å²) < 4.78 is 2.11. The van der Waals surface area contributed by atoms with Gasteiger partial charge in [0, 0.05) is 27.5 Å². The number of rotatable bonds is 8. The molecule has 28 heavy (non-hydrogen) atoms. The predicted molar refractivity (Wildman–Crippen MR) is 118 cm³/mol. The number of aromatic nitrogens is 3. The lowest BCUT2D eigenvalue weighted by molar-refractivity contribution is -0.113. The number of amides is 1. The Hall–Kier alpha value is -2.12. The summed E-state index contributed by atoms with van der Waals surface area (Å²) in [5.41, 5.74) is 3.08. The number of thioether (sulfide) groups is 1. The van der Waals surface area contributed by atoms with Crippen molar-refractivity contribution in [3.05, 3.63) is 46.2 Å². The van der Waals surface area contributed by atoms with Gasteiger partial charge in [-0.1, -0.05) is 42.8 Å². The zero-order chi connectivity index (χ0) is 20.1. The quantitative estimate of drug-likeness (QED) is 0.489. The molecule has 2 heterocycles. The summed E-state index contributed by atoms with van der Waals surface area (Å²) in [7, 11) is 0. The van der Waals surface area contributed by atoms with Crippen molar-refractivity contribution in [2.75, 3.05) is 11.1 Å². The Morgan fingerprint density at radius 1 is 1.25 bits per heavy atom. The summed E-state index contributed by atoms with van der Waals surface area (Å²) in [4.78, 5) is 13.7. The lowest BCUT2D eigenvalue weighted by atomic mass is 10.2. The van der Waals surface area contributed by atoms with Gasteiger partial charge in [-0.15, -0.1) is 21.5 Å². The minimum Gasteiger partial charge on any atom is -0.325 e. The van der Waals surface area contributed by atoms with Gasteiger partial charge in [0.15, 0.2) is 11.0 Å². The van der Waals surface area contributed by atoms with Crippen LogP contribution in [0.3, 0.4) is 0 Å². The fourth-order valence-electron chi connectivity index (χ4n) is 2.88. The summed E-state index contributed by atoms with van der Waals surface area (Å²) in [6.07, 6.45) is 2.22. The molecule has 3 rings (SSSR count). The van der Waals surface area contributed by atoms with Crippen molar-refractivity contribution >= 4 is 34.7 Å². The highest BCUT2D eigenvalue weighted by molar-refractivity contribution is 7.99. The maximum Gasteiger partial charge on any atom is 0.234 e. The standard InChI is InChI=1S/C21H26N4OS2/c1-5-6-18-11-16(12-27-18)20-23-24-21(25(20)14(2)3)28-13-19(26)22-17-9-7-15(4)8-10-17/h7-12,14H,5-6,13H2,1-4H3,(H,22,26). The smallest absolute Gasteiger partial charge is 0.234 e. The minimum atomic E-state index is -0.0468. The minimum absolute atomic E-state index is 0.0468. The average molecular weight is 415 g/mol. The number of carbonyl (C=O) groups is 1. The van der Waals surface area contributed by atoms with Crippen LogP contribution in [0.4, 0.5) is 5.69 Å². The molecule has 0 aliphatic rings. The third-order valence-electron chi connectivity index (χ3n) is 4.26. The first kappa shape index (κ1) is 20.6. The Balaban J connectivity index is 1.70. The van der Waals surface area contributed by atoms with Crippen molar-refractivity contribution in [3.8, 4) is 11.4 Å². The lowest BCUT2D eigenvalue weighted by Gasteiger charge is -2.13. The number of nitrogens with zero attached hydrogens (tertiary/aromatic N) is 3. The van der Waals surface area contributed by atoms with Crippen LogP contribution in [0.5, 0.6) is 0 Å². The Labute approximate surface area is 174 Å². The molecule has 0 bridgehead atoms. The molecule has 148 valence electrons. The van der Waals surface area contributed by atoms with Crippen LogP contribution in [0.1, 0.15) is 43.7 Å². The third kappa shape index (κ3) is 5.02. The molecule has 1 N–H and O–H groups in total. The maximum atomic E-state index is 12.3. The lowest BCUT2D eigenvalue weighted by Crippen LogP contribution is -2.15. The van der Waals surface area contributed by atoms with Crippen molar-refractivity contribution in [2.24, 2.45) is 0 Å². The van der Waals surface area contributed by atoms with E-state index in [2.05, 4.69) is 52.3 Å². The molecule has 0 aliphatic carbocycles. The molecule has 2 aromatic heterocycles. The van der Waals surface area contributed by atoms with Crippen LogP contribution in [0.25, 0.3) is 11.4 Å². The molecule has 0 fully saturated rings. The number of anilines is 1. The molecule has 0 spiro atoms. The van der Waals surface area contributed by atoms with Crippen LogP contribution in [0, 0.1) is 6.92 Å². The second-order valence-electron chi connectivity index (χ2n) is 7.02. The summed E-state index contributed by atoms with van der Waals surface area (Å²) in [6.45, 7) is 8.44. The molecule has 7 heteroatoms. The van der Waals surface area contributed by atoms with E-state index in [-0.39, 0.29) is 11.9 Å². The third-order valence-corrected chi connectivity index (χ3v) is 6.20. The molecule has 3 aromatic rings. The van der Waals surface area contributed by atoms with Crippen LogP contribution in [0.2, 0.25) is 0 Å². The van der Waals surface area contributed by atoms with Gasteiger partial charge in [-0.05, 0) is 45.4 Å².